The smallest absolute Gasteiger partial charge is 0.279 e. The van der Waals surface area contributed by atoms with E-state index in [1.54, 1.807) is 18.2 Å². The first-order valence-corrected chi connectivity index (χ1v) is 8.04. The zero-order valence-corrected chi connectivity index (χ0v) is 13.2. The van der Waals surface area contributed by atoms with Gasteiger partial charge in [-0.1, -0.05) is 18.2 Å². The maximum atomic E-state index is 12.5. The van der Waals surface area contributed by atoms with Crippen LogP contribution < -0.4 is 0 Å². The number of likely N-dealkylation sites (tertiary alicyclic amines) is 1. The summed E-state index contributed by atoms with van der Waals surface area (Å²) in [5.41, 5.74) is 2.18. The molecule has 1 aromatic carbocycles. The highest BCUT2D eigenvalue weighted by atomic mass is 16.3. The first-order chi connectivity index (χ1) is 11.2. The second kappa shape index (κ2) is 5.57. The molecule has 0 saturated carbocycles. The van der Waals surface area contributed by atoms with Crippen LogP contribution in [-0.4, -0.2) is 41.8 Å². The van der Waals surface area contributed by atoms with Crippen molar-refractivity contribution in [2.24, 2.45) is 4.99 Å². The Morgan fingerprint density at radius 1 is 1.17 bits per heavy atom. The highest BCUT2D eigenvalue weighted by Gasteiger charge is 2.31. The van der Waals surface area contributed by atoms with Gasteiger partial charge in [0.2, 0.25) is 5.96 Å². The van der Waals surface area contributed by atoms with Crippen LogP contribution in [0.25, 0.3) is 17.0 Å². The number of amides is 1. The summed E-state index contributed by atoms with van der Waals surface area (Å²) >= 11 is 0. The van der Waals surface area contributed by atoms with Crippen LogP contribution in [0.4, 0.5) is 0 Å². The molecular formula is C18H19N3O2. The zero-order chi connectivity index (χ0) is 15.8. The lowest BCUT2D eigenvalue weighted by Gasteiger charge is -2.30. The Morgan fingerprint density at radius 2 is 1.96 bits per heavy atom. The van der Waals surface area contributed by atoms with Crippen molar-refractivity contribution in [1.82, 2.24) is 9.80 Å². The molecule has 1 aromatic heterocycles. The average Bonchev–Trinajstić information content (AvgIpc) is 3.13. The van der Waals surface area contributed by atoms with Crippen molar-refractivity contribution < 1.29 is 9.21 Å². The normalized spacial score (nSPS) is 20.7. The summed E-state index contributed by atoms with van der Waals surface area (Å²) in [6, 6.07) is 7.81. The van der Waals surface area contributed by atoms with E-state index in [1.165, 1.54) is 6.42 Å². The van der Waals surface area contributed by atoms with Crippen molar-refractivity contribution >= 4 is 28.9 Å². The number of benzene rings is 1. The minimum atomic E-state index is -0.0594. The molecule has 5 heteroatoms. The van der Waals surface area contributed by atoms with Gasteiger partial charge in [-0.15, -0.1) is 0 Å². The summed E-state index contributed by atoms with van der Waals surface area (Å²) in [7, 11) is 1.80. The van der Waals surface area contributed by atoms with Gasteiger partial charge in [-0.05, 0) is 31.4 Å². The first-order valence-electron chi connectivity index (χ1n) is 8.04. The van der Waals surface area contributed by atoms with Crippen LogP contribution in [0.15, 0.2) is 45.6 Å². The van der Waals surface area contributed by atoms with Crippen molar-refractivity contribution in [3.8, 4) is 0 Å². The number of guanidine groups is 1. The van der Waals surface area contributed by atoms with Gasteiger partial charge in [0.25, 0.3) is 5.91 Å². The SMILES string of the molecule is CN1C(=O)C(=Cc2coc3ccccc23)N=C1N1CCCCC1. The fourth-order valence-corrected chi connectivity index (χ4v) is 3.22. The first kappa shape index (κ1) is 14.1. The number of piperidine rings is 1. The molecule has 0 radical (unpaired) electrons. The maximum absolute atomic E-state index is 12.5. The van der Waals surface area contributed by atoms with E-state index >= 15 is 0 Å². The van der Waals surface area contributed by atoms with E-state index in [2.05, 4.69) is 9.89 Å². The Labute approximate surface area is 134 Å². The van der Waals surface area contributed by atoms with Gasteiger partial charge in [0.05, 0.1) is 6.26 Å². The average molecular weight is 309 g/mol. The number of aliphatic imine (C=N–C) groups is 1. The molecule has 0 bridgehead atoms. The molecule has 2 aliphatic rings. The van der Waals surface area contributed by atoms with Gasteiger partial charge in [0, 0.05) is 31.1 Å². The Kier molecular flexibility index (Phi) is 3.41. The van der Waals surface area contributed by atoms with Crippen molar-refractivity contribution in [3.63, 3.8) is 0 Å². The Balaban J connectivity index is 1.70. The molecule has 23 heavy (non-hydrogen) atoms. The minimum Gasteiger partial charge on any atom is -0.464 e. The molecule has 3 heterocycles. The number of para-hydroxylation sites is 1. The largest absolute Gasteiger partial charge is 0.464 e. The molecule has 118 valence electrons. The number of furan rings is 1. The van der Waals surface area contributed by atoms with Gasteiger partial charge in [-0.3, -0.25) is 9.69 Å². The quantitative estimate of drug-likeness (QED) is 0.761. The van der Waals surface area contributed by atoms with Crippen molar-refractivity contribution in [3.05, 3.63) is 41.8 Å². The van der Waals surface area contributed by atoms with Gasteiger partial charge < -0.3 is 9.32 Å². The lowest BCUT2D eigenvalue weighted by molar-refractivity contribution is -0.122. The number of carbonyl (C=O) groups is 1. The van der Waals surface area contributed by atoms with Gasteiger partial charge in [-0.2, -0.15) is 0 Å². The monoisotopic (exact) mass is 309 g/mol. The molecule has 2 aromatic rings. The number of hydrogen-bond donors (Lipinski definition) is 0. The molecule has 1 saturated heterocycles. The molecule has 0 atom stereocenters. The van der Waals surface area contributed by atoms with Crippen molar-refractivity contribution in [2.45, 2.75) is 19.3 Å². The zero-order valence-electron chi connectivity index (χ0n) is 13.2. The Morgan fingerprint density at radius 3 is 2.78 bits per heavy atom. The van der Waals surface area contributed by atoms with Crippen LogP contribution in [0.5, 0.6) is 0 Å². The molecule has 0 spiro atoms. The van der Waals surface area contributed by atoms with Crippen molar-refractivity contribution in [1.29, 1.82) is 0 Å². The van der Waals surface area contributed by atoms with Crippen LogP contribution in [0.3, 0.4) is 0 Å². The van der Waals surface area contributed by atoms with Gasteiger partial charge >= 0.3 is 0 Å². The number of fused-ring (bicyclic) bond motifs is 1. The number of carbonyl (C=O) groups excluding carboxylic acids is 1. The van der Waals surface area contributed by atoms with Crippen LogP contribution in [-0.2, 0) is 4.79 Å². The molecular weight excluding hydrogens is 290 g/mol. The Bertz CT molecular complexity index is 813. The van der Waals surface area contributed by atoms with E-state index in [4.69, 9.17) is 4.42 Å². The van der Waals surface area contributed by atoms with Crippen LogP contribution in [0.1, 0.15) is 24.8 Å². The summed E-state index contributed by atoms with van der Waals surface area (Å²) in [4.78, 5) is 21.0. The predicted molar refractivity (Wildman–Crippen MR) is 89.8 cm³/mol. The number of rotatable bonds is 1. The van der Waals surface area contributed by atoms with Crippen LogP contribution in [0, 0.1) is 0 Å². The van der Waals surface area contributed by atoms with Gasteiger partial charge in [0.15, 0.2) is 0 Å². The maximum Gasteiger partial charge on any atom is 0.279 e. The third kappa shape index (κ3) is 2.42. The minimum absolute atomic E-state index is 0.0594. The summed E-state index contributed by atoms with van der Waals surface area (Å²) in [6.45, 7) is 1.94. The van der Waals surface area contributed by atoms with Gasteiger partial charge in [-0.25, -0.2) is 4.99 Å². The molecule has 0 unspecified atom stereocenters. The molecule has 1 amide bonds. The lowest BCUT2D eigenvalue weighted by atomic mass is 10.1. The summed E-state index contributed by atoms with van der Waals surface area (Å²) in [6.07, 6.45) is 7.07. The van der Waals surface area contributed by atoms with Crippen molar-refractivity contribution in [2.75, 3.05) is 20.1 Å². The molecule has 4 rings (SSSR count). The van der Waals surface area contributed by atoms with E-state index in [0.717, 1.165) is 48.4 Å². The fraction of sp³-hybridized carbons (Fsp3) is 0.333. The van der Waals surface area contributed by atoms with E-state index < -0.39 is 0 Å². The predicted octanol–water partition coefficient (Wildman–Crippen LogP) is 3.09. The summed E-state index contributed by atoms with van der Waals surface area (Å²) in [5.74, 6) is 0.713. The van der Waals surface area contributed by atoms with Gasteiger partial charge in [0.1, 0.15) is 11.3 Å². The van der Waals surface area contributed by atoms with E-state index in [-0.39, 0.29) is 5.91 Å². The number of likely N-dealkylation sites (N-methyl/N-ethyl adjacent to an activating group) is 1. The molecule has 2 aliphatic heterocycles. The molecule has 0 aliphatic carbocycles. The third-order valence-corrected chi connectivity index (χ3v) is 4.49. The Hall–Kier alpha value is -2.56. The topological polar surface area (TPSA) is 49.1 Å². The summed E-state index contributed by atoms with van der Waals surface area (Å²) < 4.78 is 5.54. The van der Waals surface area contributed by atoms with Crippen LogP contribution >= 0.6 is 0 Å². The standard InChI is InChI=1S/C18H19N3O2/c1-20-17(22)15(19-18(20)21-9-5-2-6-10-21)11-13-12-23-16-8-4-3-7-14(13)16/h3-4,7-8,11-12H,2,5-6,9-10H2,1H3. The lowest BCUT2D eigenvalue weighted by Crippen LogP contribution is -2.44. The second-order valence-corrected chi connectivity index (χ2v) is 6.04. The summed E-state index contributed by atoms with van der Waals surface area (Å²) in [5, 5.41) is 0.997. The second-order valence-electron chi connectivity index (χ2n) is 6.04. The highest BCUT2D eigenvalue weighted by molar-refractivity contribution is 6.14. The van der Waals surface area contributed by atoms with Crippen LogP contribution in [0.2, 0.25) is 0 Å². The number of nitrogens with zero attached hydrogens (tertiary/aromatic N) is 3. The van der Waals surface area contributed by atoms with E-state index in [0.29, 0.717) is 5.70 Å². The molecule has 1 fully saturated rings. The molecule has 0 N–H and O–H groups in total. The highest BCUT2D eigenvalue weighted by Crippen LogP contribution is 2.26. The third-order valence-electron chi connectivity index (χ3n) is 4.49. The molecule has 5 nitrogen and oxygen atoms in total. The van der Waals surface area contributed by atoms with E-state index in [1.807, 2.05) is 30.3 Å². The fourth-order valence-electron chi connectivity index (χ4n) is 3.22. The number of hydrogen-bond acceptors (Lipinski definition) is 4. The van der Waals surface area contributed by atoms with E-state index in [9.17, 15) is 4.79 Å².